The fraction of sp³-hybridized carbons (Fsp3) is 0.385. The van der Waals surface area contributed by atoms with Gasteiger partial charge >= 0.3 is 12.1 Å². The number of hydrogen-bond donors (Lipinski definition) is 0. The van der Waals surface area contributed by atoms with Crippen molar-refractivity contribution >= 4 is 17.3 Å². The van der Waals surface area contributed by atoms with Gasteiger partial charge in [-0.1, -0.05) is 25.1 Å². The van der Waals surface area contributed by atoms with Crippen molar-refractivity contribution < 1.29 is 27.4 Å². The van der Waals surface area contributed by atoms with Crippen LogP contribution in [0.1, 0.15) is 47.5 Å². The van der Waals surface area contributed by atoms with Crippen LogP contribution in [0, 0.1) is 19.8 Å². The number of esters is 1. The van der Waals surface area contributed by atoms with E-state index >= 15 is 0 Å². The molecule has 0 saturated carbocycles. The number of thiazole rings is 1. The number of carbonyl (C=O) groups is 1. The van der Waals surface area contributed by atoms with Gasteiger partial charge in [0.1, 0.15) is 17.4 Å². The highest BCUT2D eigenvalue weighted by atomic mass is 32.1. The van der Waals surface area contributed by atoms with E-state index in [0.717, 1.165) is 33.8 Å². The highest BCUT2D eigenvalue weighted by molar-refractivity contribution is 7.15. The highest BCUT2D eigenvalue weighted by Gasteiger charge is 2.30. The minimum Gasteiger partial charge on any atom is -0.488 e. The van der Waals surface area contributed by atoms with Crippen molar-refractivity contribution in [3.63, 3.8) is 0 Å². The van der Waals surface area contributed by atoms with Crippen LogP contribution in [-0.2, 0) is 28.7 Å². The minimum atomic E-state index is -4.36. The molecule has 1 atom stereocenters. The zero-order valence-corrected chi connectivity index (χ0v) is 20.5. The van der Waals surface area contributed by atoms with Gasteiger partial charge in [-0.3, -0.25) is 4.79 Å². The van der Waals surface area contributed by atoms with E-state index in [1.54, 1.807) is 6.92 Å². The molecule has 1 unspecified atom stereocenters. The standard InChI is InChI=1S/C26H28F3NO3S/c1-5-18(25(31)32-6-2)14-20-9-12-22(13-16(20)3)33-15-23-17(4)30-24(34-23)19-7-10-21(11-8-19)26(27,28)29/h7-13,18H,5-6,14-15H2,1-4H3. The SMILES string of the molecule is CCOC(=O)C(CC)Cc1ccc(OCc2sc(-c3ccc(C(F)(F)F)cc3)nc2C)cc1C. The maximum atomic E-state index is 12.8. The monoisotopic (exact) mass is 491 g/mol. The van der Waals surface area contributed by atoms with E-state index in [0.29, 0.717) is 42.4 Å². The van der Waals surface area contributed by atoms with Crippen LogP contribution in [0.15, 0.2) is 42.5 Å². The third kappa shape index (κ3) is 6.38. The fourth-order valence-electron chi connectivity index (χ4n) is 3.54. The lowest BCUT2D eigenvalue weighted by atomic mass is 9.94. The summed E-state index contributed by atoms with van der Waals surface area (Å²) >= 11 is 1.40. The van der Waals surface area contributed by atoms with Crippen molar-refractivity contribution in [2.75, 3.05) is 6.61 Å². The summed E-state index contributed by atoms with van der Waals surface area (Å²) in [7, 11) is 0. The van der Waals surface area contributed by atoms with Crippen LogP contribution >= 0.6 is 11.3 Å². The van der Waals surface area contributed by atoms with Crippen LogP contribution in [0.4, 0.5) is 13.2 Å². The largest absolute Gasteiger partial charge is 0.488 e. The number of halogens is 3. The maximum Gasteiger partial charge on any atom is 0.416 e. The Hall–Kier alpha value is -2.87. The summed E-state index contributed by atoms with van der Waals surface area (Å²) in [5.41, 5.74) is 2.85. The summed E-state index contributed by atoms with van der Waals surface area (Å²) in [5.74, 6) is 0.359. The molecule has 0 saturated heterocycles. The normalized spacial score (nSPS) is 12.4. The zero-order valence-electron chi connectivity index (χ0n) is 19.7. The molecule has 1 aromatic heterocycles. The van der Waals surface area contributed by atoms with Gasteiger partial charge in [-0.25, -0.2) is 4.98 Å². The number of nitrogens with zero attached hydrogens (tertiary/aromatic N) is 1. The number of aryl methyl sites for hydroxylation is 2. The molecule has 0 aliphatic heterocycles. The van der Waals surface area contributed by atoms with Gasteiger partial charge < -0.3 is 9.47 Å². The van der Waals surface area contributed by atoms with Gasteiger partial charge in [0.2, 0.25) is 0 Å². The molecule has 3 rings (SSSR count). The molecule has 0 fully saturated rings. The van der Waals surface area contributed by atoms with Crippen molar-refractivity contribution in [3.8, 4) is 16.3 Å². The average molecular weight is 492 g/mol. The molecule has 3 aromatic rings. The maximum absolute atomic E-state index is 12.8. The van der Waals surface area contributed by atoms with Crippen molar-refractivity contribution in [1.29, 1.82) is 0 Å². The van der Waals surface area contributed by atoms with Crippen molar-refractivity contribution in [2.24, 2.45) is 5.92 Å². The third-order valence-corrected chi connectivity index (χ3v) is 6.79. The molecule has 182 valence electrons. The molecule has 0 radical (unpaired) electrons. The summed E-state index contributed by atoms with van der Waals surface area (Å²) < 4.78 is 49.5. The average Bonchev–Trinajstić information content (AvgIpc) is 3.17. The van der Waals surface area contributed by atoms with Gasteiger partial charge in [-0.2, -0.15) is 13.2 Å². The van der Waals surface area contributed by atoms with Gasteiger partial charge in [0.15, 0.2) is 0 Å². The topological polar surface area (TPSA) is 48.4 Å². The lowest BCUT2D eigenvalue weighted by molar-refractivity contribution is -0.148. The van der Waals surface area contributed by atoms with Crippen LogP contribution in [0.5, 0.6) is 5.75 Å². The predicted molar refractivity (Wildman–Crippen MR) is 127 cm³/mol. The first-order valence-corrected chi connectivity index (χ1v) is 12.0. The molecule has 34 heavy (non-hydrogen) atoms. The Bertz CT molecular complexity index is 1120. The van der Waals surface area contributed by atoms with E-state index in [9.17, 15) is 18.0 Å². The highest BCUT2D eigenvalue weighted by Crippen LogP contribution is 2.33. The second-order valence-corrected chi connectivity index (χ2v) is 9.12. The zero-order chi connectivity index (χ0) is 24.9. The van der Waals surface area contributed by atoms with E-state index in [1.165, 1.54) is 23.5 Å². The number of hydrogen-bond acceptors (Lipinski definition) is 5. The van der Waals surface area contributed by atoms with E-state index in [4.69, 9.17) is 9.47 Å². The van der Waals surface area contributed by atoms with Crippen molar-refractivity contribution in [1.82, 2.24) is 4.98 Å². The first-order valence-electron chi connectivity index (χ1n) is 11.1. The smallest absolute Gasteiger partial charge is 0.416 e. The van der Waals surface area contributed by atoms with Gasteiger partial charge in [-0.05, 0) is 69.0 Å². The molecule has 4 nitrogen and oxygen atoms in total. The summed E-state index contributed by atoms with van der Waals surface area (Å²) in [4.78, 5) is 17.5. The number of alkyl halides is 3. The Morgan fingerprint density at radius 1 is 1.09 bits per heavy atom. The first kappa shape index (κ1) is 25.7. The summed E-state index contributed by atoms with van der Waals surface area (Å²) in [6, 6.07) is 10.8. The first-order chi connectivity index (χ1) is 16.1. The minimum absolute atomic E-state index is 0.172. The Balaban J connectivity index is 1.66. The number of rotatable bonds is 9. The van der Waals surface area contributed by atoms with Crippen LogP contribution in [0.3, 0.4) is 0 Å². The Labute approximate surface area is 201 Å². The number of aromatic nitrogens is 1. The van der Waals surface area contributed by atoms with E-state index in [-0.39, 0.29) is 11.9 Å². The van der Waals surface area contributed by atoms with Crippen LogP contribution < -0.4 is 4.74 Å². The Morgan fingerprint density at radius 2 is 1.79 bits per heavy atom. The molecule has 0 spiro atoms. The molecule has 0 aliphatic rings. The quantitative estimate of drug-likeness (QED) is 0.298. The van der Waals surface area contributed by atoms with Crippen LogP contribution in [0.2, 0.25) is 0 Å². The van der Waals surface area contributed by atoms with Crippen molar-refractivity contribution in [3.05, 3.63) is 69.7 Å². The lowest BCUT2D eigenvalue weighted by Crippen LogP contribution is -2.19. The molecule has 2 aromatic carbocycles. The van der Waals surface area contributed by atoms with E-state index in [1.807, 2.05) is 39.0 Å². The fourth-order valence-corrected chi connectivity index (χ4v) is 4.52. The molecular weight excluding hydrogens is 463 g/mol. The molecule has 0 amide bonds. The summed E-state index contributed by atoms with van der Waals surface area (Å²) in [6.45, 7) is 8.31. The summed E-state index contributed by atoms with van der Waals surface area (Å²) in [6.07, 6.45) is -3.03. The molecule has 0 N–H and O–H groups in total. The molecule has 8 heteroatoms. The van der Waals surface area contributed by atoms with Gasteiger partial charge in [-0.15, -0.1) is 11.3 Å². The van der Waals surface area contributed by atoms with E-state index in [2.05, 4.69) is 4.98 Å². The van der Waals surface area contributed by atoms with E-state index < -0.39 is 11.7 Å². The number of benzene rings is 2. The second-order valence-electron chi connectivity index (χ2n) is 8.04. The summed E-state index contributed by atoms with van der Waals surface area (Å²) in [5, 5.41) is 0.654. The van der Waals surface area contributed by atoms with Gasteiger partial charge in [0.25, 0.3) is 0 Å². The molecule has 1 heterocycles. The van der Waals surface area contributed by atoms with Gasteiger partial charge in [0, 0.05) is 5.56 Å². The van der Waals surface area contributed by atoms with Crippen molar-refractivity contribution in [2.45, 2.75) is 53.3 Å². The van der Waals surface area contributed by atoms with Crippen LogP contribution in [0.25, 0.3) is 10.6 Å². The Kier molecular flexibility index (Phi) is 8.36. The predicted octanol–water partition coefficient (Wildman–Crippen LogP) is 7.16. The third-order valence-electron chi connectivity index (χ3n) is 5.61. The van der Waals surface area contributed by atoms with Crippen LogP contribution in [-0.4, -0.2) is 17.6 Å². The molecular formula is C26H28F3NO3S. The second kappa shape index (κ2) is 11.0. The Morgan fingerprint density at radius 3 is 2.38 bits per heavy atom. The number of carbonyl (C=O) groups excluding carboxylic acids is 1. The molecule has 0 aliphatic carbocycles. The lowest BCUT2D eigenvalue weighted by Gasteiger charge is -2.16. The molecule has 0 bridgehead atoms. The van der Waals surface area contributed by atoms with Gasteiger partial charge in [0.05, 0.1) is 28.7 Å². The number of ether oxygens (including phenoxy) is 2.